The molecule has 1 aliphatic rings. The first kappa shape index (κ1) is 20.7. The number of nitrogens with one attached hydrogen (secondary N) is 1. The average molecular weight is 370 g/mol. The Balaban J connectivity index is 1.99. The molecule has 2 rings (SSSR count). The minimum absolute atomic E-state index is 0.0170. The lowest BCUT2D eigenvalue weighted by atomic mass is 9.99. The van der Waals surface area contributed by atoms with Gasteiger partial charge in [-0.25, -0.2) is 0 Å². The molecule has 1 heterocycles. The van der Waals surface area contributed by atoms with Gasteiger partial charge in [-0.1, -0.05) is 19.1 Å². The van der Waals surface area contributed by atoms with Gasteiger partial charge < -0.3 is 15.1 Å². The zero-order valence-corrected chi connectivity index (χ0v) is 16.5. The van der Waals surface area contributed by atoms with E-state index in [0.717, 1.165) is 30.8 Å². The number of hydrogen-bond donors (Lipinski definition) is 1. The van der Waals surface area contributed by atoms with Gasteiger partial charge in [-0.15, -0.1) is 13.2 Å². The van der Waals surface area contributed by atoms with Crippen LogP contribution in [-0.4, -0.2) is 54.3 Å². The monoisotopic (exact) mass is 369 g/mol. The van der Waals surface area contributed by atoms with E-state index in [2.05, 4.69) is 25.4 Å². The van der Waals surface area contributed by atoms with E-state index in [1.54, 1.807) is 17.1 Å². The molecule has 0 aromatic heterocycles. The van der Waals surface area contributed by atoms with Gasteiger partial charge in [-0.2, -0.15) is 0 Å². The summed E-state index contributed by atoms with van der Waals surface area (Å²) in [5, 5.41) is 3.18. The summed E-state index contributed by atoms with van der Waals surface area (Å²) in [6.07, 6.45) is 5.66. The number of hydrogen-bond acceptors (Lipinski definition) is 3. The van der Waals surface area contributed by atoms with Crippen LogP contribution < -0.4 is 5.32 Å². The first-order chi connectivity index (χ1) is 13.0. The molecule has 1 aliphatic heterocycles. The number of benzene rings is 1. The Labute approximate surface area is 162 Å². The Morgan fingerprint density at radius 3 is 2.59 bits per heavy atom. The molecule has 1 saturated heterocycles. The van der Waals surface area contributed by atoms with Gasteiger partial charge in [0, 0.05) is 37.4 Å². The van der Waals surface area contributed by atoms with Crippen molar-refractivity contribution in [2.24, 2.45) is 5.92 Å². The third-order valence-corrected chi connectivity index (χ3v) is 4.90. The van der Waals surface area contributed by atoms with Crippen molar-refractivity contribution < 1.29 is 9.59 Å². The molecule has 0 spiro atoms. The second-order valence-corrected chi connectivity index (χ2v) is 7.26. The highest BCUT2D eigenvalue weighted by Gasteiger charge is 2.22. The fourth-order valence-corrected chi connectivity index (χ4v) is 3.42. The summed E-state index contributed by atoms with van der Waals surface area (Å²) >= 11 is 0. The largest absolute Gasteiger partial charge is 0.376 e. The van der Waals surface area contributed by atoms with Gasteiger partial charge >= 0.3 is 0 Å². The van der Waals surface area contributed by atoms with E-state index >= 15 is 0 Å². The molecule has 1 fully saturated rings. The summed E-state index contributed by atoms with van der Waals surface area (Å²) in [6.45, 7) is 14.3. The molecule has 1 unspecified atom stereocenters. The number of piperidine rings is 1. The second-order valence-electron chi connectivity index (χ2n) is 7.26. The molecule has 5 nitrogen and oxygen atoms in total. The fourth-order valence-electron chi connectivity index (χ4n) is 3.42. The summed E-state index contributed by atoms with van der Waals surface area (Å²) in [5.41, 5.74) is 2.53. The molecule has 2 amide bonds. The van der Waals surface area contributed by atoms with E-state index in [1.807, 2.05) is 30.0 Å². The Bertz CT molecular complexity index is 689. The third-order valence-electron chi connectivity index (χ3n) is 4.90. The maximum absolute atomic E-state index is 12.7. The van der Waals surface area contributed by atoms with E-state index in [1.165, 1.54) is 6.42 Å². The highest BCUT2D eigenvalue weighted by atomic mass is 16.2. The van der Waals surface area contributed by atoms with Gasteiger partial charge in [-0.3, -0.25) is 9.59 Å². The molecular weight excluding hydrogens is 338 g/mol. The maximum atomic E-state index is 12.7. The molecule has 27 heavy (non-hydrogen) atoms. The van der Waals surface area contributed by atoms with Crippen molar-refractivity contribution in [3.8, 4) is 0 Å². The second kappa shape index (κ2) is 9.95. The van der Waals surface area contributed by atoms with Crippen molar-refractivity contribution in [1.82, 2.24) is 9.80 Å². The van der Waals surface area contributed by atoms with Crippen LogP contribution in [0.15, 0.2) is 43.5 Å². The number of aryl methyl sites for hydroxylation is 1. The zero-order chi connectivity index (χ0) is 19.8. The highest BCUT2D eigenvalue weighted by molar-refractivity contribution is 5.95. The maximum Gasteiger partial charge on any atom is 0.253 e. The highest BCUT2D eigenvalue weighted by Crippen LogP contribution is 2.21. The summed E-state index contributed by atoms with van der Waals surface area (Å²) in [4.78, 5) is 28.7. The molecular formula is C22H31N3O2. The van der Waals surface area contributed by atoms with Gasteiger partial charge in [0.15, 0.2) is 0 Å². The standard InChI is InChI=1S/C22H31N3O2/c1-5-11-24(12-6-2)21(26)15-23-20-10-9-19(14-18(20)4)22(27)25-13-7-8-17(3)16-25/h5-6,9-10,14,17,23H,1-2,7-8,11-13,15-16H2,3-4H3. The summed E-state index contributed by atoms with van der Waals surface area (Å²) in [6, 6.07) is 5.63. The van der Waals surface area contributed by atoms with Gasteiger partial charge in [0.05, 0.1) is 6.54 Å². The number of likely N-dealkylation sites (tertiary alicyclic amines) is 1. The van der Waals surface area contributed by atoms with Crippen molar-refractivity contribution in [3.63, 3.8) is 0 Å². The lowest BCUT2D eigenvalue weighted by Crippen LogP contribution is -2.39. The zero-order valence-electron chi connectivity index (χ0n) is 16.5. The van der Waals surface area contributed by atoms with Gasteiger partial charge in [0.2, 0.25) is 5.91 Å². The minimum Gasteiger partial charge on any atom is -0.376 e. The molecule has 1 N–H and O–H groups in total. The SMILES string of the molecule is C=CCN(CC=C)C(=O)CNc1ccc(C(=O)N2CCCC(C)C2)cc1C. The van der Waals surface area contributed by atoms with Gasteiger partial charge in [-0.05, 0) is 49.4 Å². The first-order valence-electron chi connectivity index (χ1n) is 9.59. The number of anilines is 1. The smallest absolute Gasteiger partial charge is 0.253 e. The van der Waals surface area contributed by atoms with E-state index in [0.29, 0.717) is 24.6 Å². The number of amides is 2. The van der Waals surface area contributed by atoms with E-state index in [9.17, 15) is 9.59 Å². The summed E-state index contributed by atoms with van der Waals surface area (Å²) in [5.74, 6) is 0.636. The molecule has 0 radical (unpaired) electrons. The van der Waals surface area contributed by atoms with Crippen LogP contribution in [-0.2, 0) is 4.79 Å². The van der Waals surface area contributed by atoms with Crippen LogP contribution in [0.2, 0.25) is 0 Å². The van der Waals surface area contributed by atoms with Crippen molar-refractivity contribution in [2.45, 2.75) is 26.7 Å². The Hall–Kier alpha value is -2.56. The van der Waals surface area contributed by atoms with Gasteiger partial charge in [0.1, 0.15) is 0 Å². The van der Waals surface area contributed by atoms with Crippen molar-refractivity contribution >= 4 is 17.5 Å². The molecule has 0 bridgehead atoms. The Morgan fingerprint density at radius 1 is 1.30 bits per heavy atom. The molecule has 146 valence electrons. The van der Waals surface area contributed by atoms with Crippen LogP contribution in [0.5, 0.6) is 0 Å². The van der Waals surface area contributed by atoms with E-state index < -0.39 is 0 Å². The fraction of sp³-hybridized carbons (Fsp3) is 0.455. The average Bonchev–Trinajstić information content (AvgIpc) is 2.66. The van der Waals surface area contributed by atoms with Crippen LogP contribution >= 0.6 is 0 Å². The Morgan fingerprint density at radius 2 is 2.00 bits per heavy atom. The number of carbonyl (C=O) groups excluding carboxylic acids is 2. The van der Waals surface area contributed by atoms with Crippen LogP contribution in [0, 0.1) is 12.8 Å². The molecule has 1 aromatic rings. The van der Waals surface area contributed by atoms with Crippen molar-refractivity contribution in [2.75, 3.05) is 38.0 Å². The normalized spacial score (nSPS) is 16.5. The summed E-state index contributed by atoms with van der Waals surface area (Å²) < 4.78 is 0. The van der Waals surface area contributed by atoms with E-state index in [-0.39, 0.29) is 18.4 Å². The molecule has 5 heteroatoms. The predicted octanol–water partition coefficient (Wildman–Crippen LogP) is 3.48. The van der Waals surface area contributed by atoms with Crippen LogP contribution in [0.1, 0.15) is 35.7 Å². The predicted molar refractivity (Wildman–Crippen MR) is 111 cm³/mol. The lowest BCUT2D eigenvalue weighted by molar-refractivity contribution is -0.128. The Kier molecular flexibility index (Phi) is 7.65. The van der Waals surface area contributed by atoms with Gasteiger partial charge in [0.25, 0.3) is 5.91 Å². The third kappa shape index (κ3) is 5.71. The molecule has 0 aliphatic carbocycles. The number of rotatable bonds is 8. The molecule has 1 atom stereocenters. The summed E-state index contributed by atoms with van der Waals surface area (Å²) in [7, 11) is 0. The van der Waals surface area contributed by atoms with Crippen LogP contribution in [0.3, 0.4) is 0 Å². The topological polar surface area (TPSA) is 52.7 Å². The number of carbonyl (C=O) groups is 2. The molecule has 1 aromatic carbocycles. The van der Waals surface area contributed by atoms with Crippen molar-refractivity contribution in [3.05, 3.63) is 54.6 Å². The van der Waals surface area contributed by atoms with Crippen LogP contribution in [0.4, 0.5) is 5.69 Å². The van der Waals surface area contributed by atoms with E-state index in [4.69, 9.17) is 0 Å². The minimum atomic E-state index is -0.0170. The van der Waals surface area contributed by atoms with Crippen LogP contribution in [0.25, 0.3) is 0 Å². The number of nitrogens with zero attached hydrogens (tertiary/aromatic N) is 2. The first-order valence-corrected chi connectivity index (χ1v) is 9.59. The van der Waals surface area contributed by atoms with Crippen molar-refractivity contribution in [1.29, 1.82) is 0 Å². The lowest BCUT2D eigenvalue weighted by Gasteiger charge is -2.31. The molecule has 0 saturated carbocycles. The quantitative estimate of drug-likeness (QED) is 0.714.